The zero-order chi connectivity index (χ0) is 12.9. The molecule has 0 aliphatic carbocycles. The van der Waals surface area contributed by atoms with Gasteiger partial charge in [-0.1, -0.05) is 15.9 Å². The number of fused-ring (bicyclic) bond motifs is 2. The molecule has 0 fully saturated rings. The molecule has 3 rings (SSSR count). The molecule has 0 spiro atoms. The molecule has 94 valence electrons. The maximum atomic E-state index is 12.5. The van der Waals surface area contributed by atoms with E-state index in [9.17, 15) is 4.79 Å². The zero-order valence-corrected chi connectivity index (χ0v) is 11.9. The first-order valence-corrected chi connectivity index (χ1v) is 6.70. The second-order valence-corrected chi connectivity index (χ2v) is 6.23. The molecule has 4 nitrogen and oxygen atoms in total. The van der Waals surface area contributed by atoms with Crippen molar-refractivity contribution in [2.45, 2.75) is 32.5 Å². The summed E-state index contributed by atoms with van der Waals surface area (Å²) < 4.78 is 2.73. The highest BCUT2D eigenvalue weighted by Gasteiger charge is 2.26. The number of nitrogens with one attached hydrogen (secondary N) is 1. The first-order chi connectivity index (χ1) is 8.46. The van der Waals surface area contributed by atoms with E-state index in [1.54, 1.807) is 4.57 Å². The fraction of sp³-hybridized carbons (Fsp3) is 0.385. The van der Waals surface area contributed by atoms with Crippen molar-refractivity contribution in [3.05, 3.63) is 38.9 Å². The van der Waals surface area contributed by atoms with Gasteiger partial charge in [-0.25, -0.2) is 4.98 Å². The summed E-state index contributed by atoms with van der Waals surface area (Å²) in [5.41, 5.74) is 0.737. The molecule has 1 aromatic carbocycles. The fourth-order valence-corrected chi connectivity index (χ4v) is 2.66. The SMILES string of the molecule is CC1(C)Cn2c(nc3cc(Br)ccc3c2=O)CN1. The first kappa shape index (κ1) is 11.9. The molecule has 18 heavy (non-hydrogen) atoms. The van der Waals surface area contributed by atoms with E-state index >= 15 is 0 Å². The molecular formula is C13H14BrN3O. The molecule has 1 N–H and O–H groups in total. The third-order valence-electron chi connectivity index (χ3n) is 3.27. The Hall–Kier alpha value is -1.20. The van der Waals surface area contributed by atoms with Crippen molar-refractivity contribution in [3.63, 3.8) is 0 Å². The lowest BCUT2D eigenvalue weighted by atomic mass is 10.0. The van der Waals surface area contributed by atoms with Gasteiger partial charge in [-0.2, -0.15) is 0 Å². The van der Waals surface area contributed by atoms with E-state index in [1.165, 1.54) is 0 Å². The third-order valence-corrected chi connectivity index (χ3v) is 3.77. The summed E-state index contributed by atoms with van der Waals surface area (Å²) in [4.78, 5) is 17.0. The molecule has 5 heteroatoms. The Morgan fingerprint density at radius 1 is 1.44 bits per heavy atom. The number of nitrogens with zero attached hydrogens (tertiary/aromatic N) is 2. The Bertz CT molecular complexity index is 690. The van der Waals surface area contributed by atoms with Crippen LogP contribution >= 0.6 is 15.9 Å². The number of hydrogen-bond donors (Lipinski definition) is 1. The van der Waals surface area contributed by atoms with Gasteiger partial charge >= 0.3 is 0 Å². The molecule has 0 amide bonds. The van der Waals surface area contributed by atoms with E-state index in [0.29, 0.717) is 18.5 Å². The van der Waals surface area contributed by atoms with Crippen molar-refractivity contribution in [1.82, 2.24) is 14.9 Å². The van der Waals surface area contributed by atoms with Crippen LogP contribution in [0.25, 0.3) is 10.9 Å². The van der Waals surface area contributed by atoms with Crippen LogP contribution < -0.4 is 10.9 Å². The summed E-state index contributed by atoms with van der Waals surface area (Å²) in [5.74, 6) is 0.810. The van der Waals surface area contributed by atoms with E-state index in [2.05, 4.69) is 40.1 Å². The summed E-state index contributed by atoms with van der Waals surface area (Å²) in [6.45, 7) is 5.47. The van der Waals surface area contributed by atoms with Gasteiger partial charge in [0.05, 0.1) is 17.4 Å². The monoisotopic (exact) mass is 307 g/mol. The first-order valence-electron chi connectivity index (χ1n) is 5.90. The van der Waals surface area contributed by atoms with Crippen molar-refractivity contribution in [3.8, 4) is 0 Å². The molecule has 0 radical (unpaired) electrons. The Kier molecular flexibility index (Phi) is 2.57. The number of benzene rings is 1. The van der Waals surface area contributed by atoms with E-state index in [0.717, 1.165) is 15.8 Å². The van der Waals surface area contributed by atoms with Crippen LogP contribution in [0.3, 0.4) is 0 Å². The van der Waals surface area contributed by atoms with Gasteiger partial charge < -0.3 is 5.32 Å². The summed E-state index contributed by atoms with van der Waals surface area (Å²) in [6.07, 6.45) is 0. The lowest BCUT2D eigenvalue weighted by Gasteiger charge is -2.33. The topological polar surface area (TPSA) is 46.9 Å². The van der Waals surface area contributed by atoms with Crippen molar-refractivity contribution in [2.75, 3.05) is 0 Å². The standard InChI is InChI=1S/C13H14BrN3O/c1-13(2)7-17-11(6-15-13)16-10-5-8(14)3-4-9(10)12(17)18/h3-5,15H,6-7H2,1-2H3. The highest BCUT2D eigenvalue weighted by Crippen LogP contribution is 2.19. The van der Waals surface area contributed by atoms with E-state index in [4.69, 9.17) is 0 Å². The summed E-state index contributed by atoms with van der Waals surface area (Å²) >= 11 is 3.41. The minimum absolute atomic E-state index is 0.0528. The van der Waals surface area contributed by atoms with Crippen LogP contribution in [0.4, 0.5) is 0 Å². The number of rotatable bonds is 0. The van der Waals surface area contributed by atoms with Crippen molar-refractivity contribution in [1.29, 1.82) is 0 Å². The van der Waals surface area contributed by atoms with Crippen LogP contribution in [0.15, 0.2) is 27.5 Å². The molecule has 2 aromatic rings. The summed E-state index contributed by atoms with van der Waals surface area (Å²) in [5, 5.41) is 4.07. The van der Waals surface area contributed by atoms with E-state index in [-0.39, 0.29) is 11.1 Å². The zero-order valence-electron chi connectivity index (χ0n) is 10.3. The Labute approximate surface area is 113 Å². The van der Waals surface area contributed by atoms with Crippen LogP contribution in [-0.4, -0.2) is 15.1 Å². The predicted molar refractivity (Wildman–Crippen MR) is 74.6 cm³/mol. The number of aromatic nitrogens is 2. The maximum Gasteiger partial charge on any atom is 0.261 e. The van der Waals surface area contributed by atoms with Crippen LogP contribution in [-0.2, 0) is 13.1 Å². The molecule has 0 saturated carbocycles. The molecule has 1 aliphatic rings. The minimum atomic E-state index is -0.0679. The van der Waals surface area contributed by atoms with Crippen LogP contribution in [0.5, 0.6) is 0 Å². The third kappa shape index (κ3) is 1.87. The molecule has 1 aromatic heterocycles. The van der Waals surface area contributed by atoms with Crippen LogP contribution in [0, 0.1) is 0 Å². The fourth-order valence-electron chi connectivity index (χ4n) is 2.31. The predicted octanol–water partition coefficient (Wildman–Crippen LogP) is 2.04. The molecule has 0 bridgehead atoms. The second kappa shape index (κ2) is 3.90. The average Bonchev–Trinajstić information content (AvgIpc) is 2.30. The van der Waals surface area contributed by atoms with Gasteiger partial charge in [-0.05, 0) is 32.0 Å². The maximum absolute atomic E-state index is 12.5. The quantitative estimate of drug-likeness (QED) is 0.810. The largest absolute Gasteiger partial charge is 0.303 e. The highest BCUT2D eigenvalue weighted by molar-refractivity contribution is 9.10. The number of halogens is 1. The van der Waals surface area contributed by atoms with Crippen molar-refractivity contribution in [2.24, 2.45) is 0 Å². The summed E-state index contributed by atoms with van der Waals surface area (Å²) in [6, 6.07) is 5.60. The van der Waals surface area contributed by atoms with Gasteiger partial charge in [-0.15, -0.1) is 0 Å². The van der Waals surface area contributed by atoms with Crippen LogP contribution in [0.1, 0.15) is 19.7 Å². The lowest BCUT2D eigenvalue weighted by molar-refractivity contribution is 0.282. The van der Waals surface area contributed by atoms with Crippen molar-refractivity contribution < 1.29 is 0 Å². The second-order valence-electron chi connectivity index (χ2n) is 5.32. The molecular weight excluding hydrogens is 294 g/mol. The Morgan fingerprint density at radius 3 is 3.00 bits per heavy atom. The van der Waals surface area contributed by atoms with Gasteiger partial charge in [0, 0.05) is 16.6 Å². The van der Waals surface area contributed by atoms with Crippen molar-refractivity contribution >= 4 is 26.8 Å². The Balaban J connectivity index is 2.30. The summed E-state index contributed by atoms with van der Waals surface area (Å²) in [7, 11) is 0. The molecule has 0 saturated heterocycles. The van der Waals surface area contributed by atoms with Gasteiger partial charge in [-0.3, -0.25) is 9.36 Å². The van der Waals surface area contributed by atoms with Gasteiger partial charge in [0.1, 0.15) is 5.82 Å². The highest BCUT2D eigenvalue weighted by atomic mass is 79.9. The minimum Gasteiger partial charge on any atom is -0.303 e. The molecule has 0 atom stereocenters. The van der Waals surface area contributed by atoms with Gasteiger partial charge in [0.2, 0.25) is 0 Å². The van der Waals surface area contributed by atoms with Crippen LogP contribution in [0.2, 0.25) is 0 Å². The Morgan fingerprint density at radius 2 is 2.22 bits per heavy atom. The van der Waals surface area contributed by atoms with Gasteiger partial charge in [0.15, 0.2) is 0 Å². The number of hydrogen-bond acceptors (Lipinski definition) is 3. The van der Waals surface area contributed by atoms with E-state index in [1.807, 2.05) is 18.2 Å². The van der Waals surface area contributed by atoms with E-state index < -0.39 is 0 Å². The van der Waals surface area contributed by atoms with Gasteiger partial charge in [0.25, 0.3) is 5.56 Å². The molecule has 1 aliphatic heterocycles. The molecule has 0 unspecified atom stereocenters. The smallest absolute Gasteiger partial charge is 0.261 e. The normalized spacial score (nSPS) is 17.7. The molecule has 2 heterocycles. The lowest BCUT2D eigenvalue weighted by Crippen LogP contribution is -2.50. The average molecular weight is 308 g/mol.